The van der Waals surface area contributed by atoms with Gasteiger partial charge in [0.1, 0.15) is 6.04 Å². The Kier molecular flexibility index (Phi) is 5.52. The van der Waals surface area contributed by atoms with E-state index in [4.69, 9.17) is 5.73 Å². The third-order valence-electron chi connectivity index (χ3n) is 4.21. The van der Waals surface area contributed by atoms with Crippen LogP contribution in [0.2, 0.25) is 0 Å². The predicted molar refractivity (Wildman–Crippen MR) is 109 cm³/mol. The van der Waals surface area contributed by atoms with Gasteiger partial charge in [0.15, 0.2) is 0 Å². The number of nitrogens with two attached hydrogens (primary N) is 1. The van der Waals surface area contributed by atoms with Crippen molar-refractivity contribution in [2.24, 2.45) is 5.73 Å². The lowest BCUT2D eigenvalue weighted by Crippen LogP contribution is -2.31. The quantitative estimate of drug-likeness (QED) is 0.624. The molecule has 27 heavy (non-hydrogen) atoms. The molecule has 0 spiro atoms. The van der Waals surface area contributed by atoms with Crippen LogP contribution in [0.4, 0.5) is 11.4 Å². The van der Waals surface area contributed by atoms with Gasteiger partial charge in [0.2, 0.25) is 11.8 Å². The topological polar surface area (TPSA) is 84.2 Å². The predicted octanol–water partition coefficient (Wildman–Crippen LogP) is 3.89. The lowest BCUT2D eigenvalue weighted by atomic mass is 10.1. The van der Waals surface area contributed by atoms with Gasteiger partial charge in [-0.3, -0.25) is 9.59 Å². The molecule has 0 radical (unpaired) electrons. The fraction of sp³-hybridized carbons (Fsp3) is 0.0909. The highest BCUT2D eigenvalue weighted by Gasteiger charge is 2.13. The minimum atomic E-state index is -0.498. The normalized spacial score (nSPS) is 11.4. The van der Waals surface area contributed by atoms with Gasteiger partial charge in [-0.25, -0.2) is 0 Å². The SMILES string of the molecule is C[C@@H](Nc1ccc(-c2ccccc2)cc1)C(=O)Nc1ccc(C(N)=O)cc1. The molecule has 1 atom stereocenters. The molecule has 0 aromatic heterocycles. The summed E-state index contributed by atoms with van der Waals surface area (Å²) in [6, 6.07) is 24.1. The van der Waals surface area contributed by atoms with E-state index < -0.39 is 11.9 Å². The first-order chi connectivity index (χ1) is 13.0. The maximum Gasteiger partial charge on any atom is 0.248 e. The van der Waals surface area contributed by atoms with Gasteiger partial charge in [0.05, 0.1) is 0 Å². The molecule has 0 unspecified atom stereocenters. The van der Waals surface area contributed by atoms with Gasteiger partial charge in [0, 0.05) is 16.9 Å². The van der Waals surface area contributed by atoms with E-state index >= 15 is 0 Å². The molecule has 5 heteroatoms. The van der Waals surface area contributed by atoms with Crippen molar-refractivity contribution >= 4 is 23.2 Å². The number of anilines is 2. The minimum Gasteiger partial charge on any atom is -0.374 e. The molecule has 136 valence electrons. The number of nitrogens with one attached hydrogen (secondary N) is 2. The molecule has 5 nitrogen and oxygen atoms in total. The van der Waals surface area contributed by atoms with Crippen molar-refractivity contribution in [2.75, 3.05) is 10.6 Å². The van der Waals surface area contributed by atoms with Gasteiger partial charge in [-0.1, -0.05) is 42.5 Å². The van der Waals surface area contributed by atoms with Crippen molar-refractivity contribution < 1.29 is 9.59 Å². The van der Waals surface area contributed by atoms with E-state index in [1.165, 1.54) is 0 Å². The molecule has 3 aromatic carbocycles. The Labute approximate surface area is 158 Å². The first-order valence-corrected chi connectivity index (χ1v) is 8.66. The fourth-order valence-corrected chi connectivity index (χ4v) is 2.67. The minimum absolute atomic E-state index is 0.172. The van der Waals surface area contributed by atoms with Crippen molar-refractivity contribution in [2.45, 2.75) is 13.0 Å². The van der Waals surface area contributed by atoms with E-state index in [1.807, 2.05) is 42.5 Å². The molecule has 0 aliphatic carbocycles. The zero-order valence-corrected chi connectivity index (χ0v) is 15.0. The standard InChI is InChI=1S/C22H21N3O2/c1-15(22(27)25-20-13-9-18(10-14-20)21(23)26)24-19-11-7-17(8-12-19)16-5-3-2-4-6-16/h2-15,24H,1H3,(H2,23,26)(H,25,27)/t15-/m1/s1. The van der Waals surface area contributed by atoms with Crippen molar-refractivity contribution in [3.05, 3.63) is 84.4 Å². The summed E-state index contributed by atoms with van der Waals surface area (Å²) in [5, 5.41) is 6.00. The van der Waals surface area contributed by atoms with Gasteiger partial charge < -0.3 is 16.4 Å². The summed E-state index contributed by atoms with van der Waals surface area (Å²) in [5.41, 5.74) is 9.35. The second kappa shape index (κ2) is 8.19. The van der Waals surface area contributed by atoms with Crippen LogP contribution in [0.25, 0.3) is 11.1 Å². The van der Waals surface area contributed by atoms with Gasteiger partial charge >= 0.3 is 0 Å². The lowest BCUT2D eigenvalue weighted by Gasteiger charge is -2.16. The third-order valence-corrected chi connectivity index (χ3v) is 4.21. The highest BCUT2D eigenvalue weighted by molar-refractivity contribution is 5.97. The molecule has 0 heterocycles. The van der Waals surface area contributed by atoms with Crippen molar-refractivity contribution in [1.29, 1.82) is 0 Å². The van der Waals surface area contributed by atoms with Crippen LogP contribution in [0.5, 0.6) is 0 Å². The Morgan fingerprint density at radius 1 is 0.778 bits per heavy atom. The summed E-state index contributed by atoms with van der Waals surface area (Å²) in [5.74, 6) is -0.671. The van der Waals surface area contributed by atoms with Crippen molar-refractivity contribution in [3.63, 3.8) is 0 Å². The number of carbonyl (C=O) groups excluding carboxylic acids is 2. The van der Waals surface area contributed by atoms with Gasteiger partial charge in [-0.15, -0.1) is 0 Å². The molecule has 4 N–H and O–H groups in total. The van der Waals surface area contributed by atoms with E-state index in [2.05, 4.69) is 22.8 Å². The Bertz CT molecular complexity index is 920. The Morgan fingerprint density at radius 3 is 1.93 bits per heavy atom. The lowest BCUT2D eigenvalue weighted by molar-refractivity contribution is -0.116. The van der Waals surface area contributed by atoms with Crippen LogP contribution in [-0.4, -0.2) is 17.9 Å². The zero-order chi connectivity index (χ0) is 19.2. The van der Waals surface area contributed by atoms with Crippen LogP contribution in [0.3, 0.4) is 0 Å². The van der Waals surface area contributed by atoms with Crippen LogP contribution in [-0.2, 0) is 4.79 Å². The van der Waals surface area contributed by atoms with Crippen LogP contribution >= 0.6 is 0 Å². The average molecular weight is 359 g/mol. The maximum atomic E-state index is 12.4. The number of rotatable bonds is 6. The summed E-state index contributed by atoms with van der Waals surface area (Å²) >= 11 is 0. The van der Waals surface area contributed by atoms with Gasteiger partial charge in [0.25, 0.3) is 0 Å². The first kappa shape index (κ1) is 18.2. The van der Waals surface area contributed by atoms with E-state index in [-0.39, 0.29) is 5.91 Å². The molecule has 0 aliphatic heterocycles. The van der Waals surface area contributed by atoms with Crippen molar-refractivity contribution in [1.82, 2.24) is 0 Å². The summed E-state index contributed by atoms with van der Waals surface area (Å²) < 4.78 is 0. The molecule has 0 saturated carbocycles. The average Bonchev–Trinajstić information content (AvgIpc) is 2.69. The monoisotopic (exact) mass is 359 g/mol. The number of hydrogen-bond donors (Lipinski definition) is 3. The summed E-state index contributed by atoms with van der Waals surface area (Å²) in [6.45, 7) is 1.79. The number of amides is 2. The number of carbonyl (C=O) groups is 2. The summed E-state index contributed by atoms with van der Waals surface area (Å²) in [4.78, 5) is 23.4. The molecular formula is C22H21N3O2. The van der Waals surface area contributed by atoms with E-state index in [9.17, 15) is 9.59 Å². The zero-order valence-electron chi connectivity index (χ0n) is 15.0. The van der Waals surface area contributed by atoms with Gasteiger partial charge in [-0.2, -0.15) is 0 Å². The fourth-order valence-electron chi connectivity index (χ4n) is 2.67. The highest BCUT2D eigenvalue weighted by atomic mass is 16.2. The second-order valence-electron chi connectivity index (χ2n) is 6.24. The molecule has 0 aliphatic rings. The smallest absolute Gasteiger partial charge is 0.248 e. The summed E-state index contributed by atoms with van der Waals surface area (Å²) in [6.07, 6.45) is 0. The molecular weight excluding hydrogens is 338 g/mol. The number of hydrogen-bond acceptors (Lipinski definition) is 3. The van der Waals surface area contributed by atoms with E-state index in [0.717, 1.165) is 16.8 Å². The van der Waals surface area contributed by atoms with Crippen LogP contribution in [0.15, 0.2) is 78.9 Å². The molecule has 3 aromatic rings. The summed E-state index contributed by atoms with van der Waals surface area (Å²) in [7, 11) is 0. The van der Waals surface area contributed by atoms with Gasteiger partial charge in [-0.05, 0) is 54.4 Å². The maximum absolute atomic E-state index is 12.4. The molecule has 2 amide bonds. The van der Waals surface area contributed by atoms with E-state index in [1.54, 1.807) is 31.2 Å². The molecule has 3 rings (SSSR count). The largest absolute Gasteiger partial charge is 0.374 e. The number of benzene rings is 3. The van der Waals surface area contributed by atoms with Crippen LogP contribution in [0.1, 0.15) is 17.3 Å². The molecule has 0 bridgehead atoms. The first-order valence-electron chi connectivity index (χ1n) is 8.66. The Balaban J connectivity index is 1.60. The third kappa shape index (κ3) is 4.73. The van der Waals surface area contributed by atoms with Crippen LogP contribution < -0.4 is 16.4 Å². The Morgan fingerprint density at radius 2 is 1.33 bits per heavy atom. The molecule has 0 saturated heterocycles. The number of primary amides is 1. The van der Waals surface area contributed by atoms with E-state index in [0.29, 0.717) is 11.3 Å². The highest BCUT2D eigenvalue weighted by Crippen LogP contribution is 2.21. The second-order valence-corrected chi connectivity index (χ2v) is 6.24. The van der Waals surface area contributed by atoms with Crippen molar-refractivity contribution in [3.8, 4) is 11.1 Å². The molecule has 0 fully saturated rings. The van der Waals surface area contributed by atoms with Crippen LogP contribution in [0, 0.1) is 0 Å². The Hall–Kier alpha value is -3.60.